The van der Waals surface area contributed by atoms with Crippen molar-refractivity contribution in [2.45, 2.75) is 79.1 Å². The Balaban J connectivity index is 3.96. The second kappa shape index (κ2) is 14.8. The summed E-state index contributed by atoms with van der Waals surface area (Å²) < 4.78 is 17.4. The van der Waals surface area contributed by atoms with Crippen LogP contribution < -0.4 is 0 Å². The molecule has 0 atom stereocenters. The van der Waals surface area contributed by atoms with E-state index >= 15 is 0 Å². The van der Waals surface area contributed by atoms with Crippen molar-refractivity contribution in [2.75, 3.05) is 19.8 Å². The molecule has 126 valence electrons. The first-order valence-electron chi connectivity index (χ1n) is 8.84. The van der Waals surface area contributed by atoms with Crippen molar-refractivity contribution in [1.82, 2.24) is 0 Å². The van der Waals surface area contributed by atoms with E-state index in [0.717, 1.165) is 6.42 Å². The van der Waals surface area contributed by atoms with E-state index in [-0.39, 0.29) is 0 Å². The Hall–Kier alpha value is -0.163. The summed E-state index contributed by atoms with van der Waals surface area (Å²) in [6.07, 6.45) is 12.7. The number of rotatable bonds is 15. The van der Waals surface area contributed by atoms with E-state index in [4.69, 9.17) is 13.3 Å². The monoisotopic (exact) mass is 316 g/mol. The first kappa shape index (κ1) is 20.8. The molecule has 0 bridgehead atoms. The van der Waals surface area contributed by atoms with E-state index in [1.807, 2.05) is 20.8 Å². The fourth-order valence-electron chi connectivity index (χ4n) is 2.32. The standard InChI is InChI=1S/C17H36O3Si/c1-5-9-10-11-12-13-14-15-16-17-21(18-6-2,19-7-3)20-8-4/h16-17H,5-15H2,1-4H3. The third-order valence-corrected chi connectivity index (χ3v) is 6.05. The molecular weight excluding hydrogens is 280 g/mol. The predicted molar refractivity (Wildman–Crippen MR) is 92.4 cm³/mol. The molecule has 0 amide bonds. The Morgan fingerprint density at radius 2 is 1.14 bits per heavy atom. The molecule has 0 saturated carbocycles. The van der Waals surface area contributed by atoms with Crippen molar-refractivity contribution >= 4 is 8.80 Å². The number of hydrogen-bond donors (Lipinski definition) is 0. The second-order valence-corrected chi connectivity index (χ2v) is 7.62. The van der Waals surface area contributed by atoms with Crippen LogP contribution in [0.4, 0.5) is 0 Å². The summed E-state index contributed by atoms with van der Waals surface area (Å²) in [5.41, 5.74) is 2.07. The van der Waals surface area contributed by atoms with Crippen molar-refractivity contribution < 1.29 is 13.3 Å². The van der Waals surface area contributed by atoms with Crippen molar-refractivity contribution in [3.63, 3.8) is 0 Å². The first-order valence-corrected chi connectivity index (χ1v) is 10.6. The van der Waals surface area contributed by atoms with Gasteiger partial charge in [0.1, 0.15) is 0 Å². The third kappa shape index (κ3) is 11.1. The minimum absolute atomic E-state index is 0.633. The minimum Gasteiger partial charge on any atom is -0.371 e. The molecule has 4 heteroatoms. The molecule has 0 aliphatic carbocycles. The van der Waals surface area contributed by atoms with Gasteiger partial charge in [0.05, 0.1) is 0 Å². The topological polar surface area (TPSA) is 27.7 Å². The highest BCUT2D eigenvalue weighted by Crippen LogP contribution is 2.14. The van der Waals surface area contributed by atoms with Gasteiger partial charge in [-0.05, 0) is 39.3 Å². The Morgan fingerprint density at radius 3 is 1.62 bits per heavy atom. The van der Waals surface area contributed by atoms with E-state index in [2.05, 4.69) is 18.7 Å². The quantitative estimate of drug-likeness (QED) is 0.304. The van der Waals surface area contributed by atoms with E-state index in [0.29, 0.717) is 19.8 Å². The lowest BCUT2D eigenvalue weighted by atomic mass is 10.1. The molecule has 0 radical (unpaired) electrons. The van der Waals surface area contributed by atoms with Crippen molar-refractivity contribution in [1.29, 1.82) is 0 Å². The van der Waals surface area contributed by atoms with E-state index < -0.39 is 8.80 Å². The SMILES string of the molecule is CCCCCCCCCC=C[Si](OCC)(OCC)OCC. The first-order chi connectivity index (χ1) is 10.2. The fourth-order valence-corrected chi connectivity index (χ4v) is 4.52. The third-order valence-electron chi connectivity index (χ3n) is 3.33. The van der Waals surface area contributed by atoms with Crippen LogP contribution in [0.15, 0.2) is 11.8 Å². The van der Waals surface area contributed by atoms with Gasteiger partial charge in [-0.25, -0.2) is 0 Å². The molecule has 0 aliphatic rings. The van der Waals surface area contributed by atoms with Gasteiger partial charge in [-0.2, -0.15) is 0 Å². The van der Waals surface area contributed by atoms with Crippen LogP contribution in [0.1, 0.15) is 79.1 Å². The van der Waals surface area contributed by atoms with Crippen molar-refractivity contribution in [3.8, 4) is 0 Å². The lowest BCUT2D eigenvalue weighted by molar-refractivity contribution is 0.0842. The Bertz CT molecular complexity index is 227. The number of unbranched alkanes of at least 4 members (excludes halogenated alkanes) is 7. The second-order valence-electron chi connectivity index (χ2n) is 5.21. The summed E-state index contributed by atoms with van der Waals surface area (Å²) in [6, 6.07) is 0. The maximum Gasteiger partial charge on any atom is 0.529 e. The van der Waals surface area contributed by atoms with Gasteiger partial charge in [0.25, 0.3) is 0 Å². The summed E-state index contributed by atoms with van der Waals surface area (Å²) in [6.45, 7) is 10.1. The average Bonchev–Trinajstić information content (AvgIpc) is 2.46. The Morgan fingerprint density at radius 1 is 0.667 bits per heavy atom. The molecule has 3 nitrogen and oxygen atoms in total. The number of allylic oxidation sites excluding steroid dienone is 1. The zero-order chi connectivity index (χ0) is 15.8. The molecule has 0 aromatic rings. The van der Waals surface area contributed by atoms with Crippen molar-refractivity contribution in [2.24, 2.45) is 0 Å². The average molecular weight is 317 g/mol. The highest BCUT2D eigenvalue weighted by molar-refractivity contribution is 6.66. The molecule has 0 aliphatic heterocycles. The molecule has 0 heterocycles. The maximum absolute atomic E-state index is 5.79. The van der Waals surface area contributed by atoms with Crippen LogP contribution in [0.25, 0.3) is 0 Å². The summed E-state index contributed by atoms with van der Waals surface area (Å²) in [5.74, 6) is 0. The molecular formula is C17H36O3Si. The largest absolute Gasteiger partial charge is 0.529 e. The molecule has 0 spiro atoms. The van der Waals surface area contributed by atoms with E-state index in [1.54, 1.807) is 0 Å². The van der Waals surface area contributed by atoms with Crippen LogP contribution in [-0.2, 0) is 13.3 Å². The van der Waals surface area contributed by atoms with Crippen LogP contribution in [0.3, 0.4) is 0 Å². The molecule has 0 aromatic carbocycles. The molecule has 0 unspecified atom stereocenters. The summed E-state index contributed by atoms with van der Waals surface area (Å²) >= 11 is 0. The molecule has 0 aromatic heterocycles. The van der Waals surface area contributed by atoms with Gasteiger partial charge in [0.15, 0.2) is 0 Å². The number of hydrogen-bond acceptors (Lipinski definition) is 3. The van der Waals surface area contributed by atoms with Gasteiger partial charge in [-0.15, -0.1) is 0 Å². The molecule has 0 fully saturated rings. The van der Waals surface area contributed by atoms with E-state index in [1.165, 1.54) is 44.9 Å². The normalized spacial score (nSPS) is 12.4. The van der Waals surface area contributed by atoms with Gasteiger partial charge in [0, 0.05) is 19.8 Å². The highest BCUT2D eigenvalue weighted by atomic mass is 28.4. The molecule has 21 heavy (non-hydrogen) atoms. The zero-order valence-electron chi connectivity index (χ0n) is 14.7. The smallest absolute Gasteiger partial charge is 0.371 e. The summed E-state index contributed by atoms with van der Waals surface area (Å²) in [4.78, 5) is 0. The summed E-state index contributed by atoms with van der Waals surface area (Å²) in [7, 11) is -2.56. The lowest BCUT2D eigenvalue weighted by Crippen LogP contribution is -2.44. The highest BCUT2D eigenvalue weighted by Gasteiger charge is 2.37. The minimum atomic E-state index is -2.56. The molecule has 0 rings (SSSR count). The fraction of sp³-hybridized carbons (Fsp3) is 0.882. The maximum atomic E-state index is 5.79. The lowest BCUT2D eigenvalue weighted by Gasteiger charge is -2.25. The molecule has 0 N–H and O–H groups in total. The van der Waals surface area contributed by atoms with Gasteiger partial charge >= 0.3 is 8.80 Å². The van der Waals surface area contributed by atoms with Crippen molar-refractivity contribution in [3.05, 3.63) is 11.8 Å². The van der Waals surface area contributed by atoms with Gasteiger partial charge < -0.3 is 13.3 Å². The van der Waals surface area contributed by atoms with Crippen LogP contribution in [-0.4, -0.2) is 28.6 Å². The van der Waals surface area contributed by atoms with Gasteiger partial charge in [-0.3, -0.25) is 0 Å². The van der Waals surface area contributed by atoms with Gasteiger partial charge in [0.2, 0.25) is 0 Å². The van der Waals surface area contributed by atoms with Crippen LogP contribution in [0, 0.1) is 0 Å². The van der Waals surface area contributed by atoms with Gasteiger partial charge in [-0.1, -0.05) is 51.5 Å². The van der Waals surface area contributed by atoms with Crippen LogP contribution in [0.2, 0.25) is 0 Å². The molecule has 0 saturated heterocycles. The van der Waals surface area contributed by atoms with E-state index in [9.17, 15) is 0 Å². The predicted octanol–water partition coefficient (Wildman–Crippen LogP) is 5.27. The Kier molecular flexibility index (Phi) is 14.6. The zero-order valence-corrected chi connectivity index (χ0v) is 15.7. The summed E-state index contributed by atoms with van der Waals surface area (Å²) in [5, 5.41) is 0. The Labute approximate surface area is 133 Å². The van der Waals surface area contributed by atoms with Crippen LogP contribution >= 0.6 is 0 Å². The van der Waals surface area contributed by atoms with Crippen LogP contribution in [0.5, 0.6) is 0 Å².